The molecule has 140 valence electrons. The second-order valence-electron chi connectivity index (χ2n) is 5.98. The summed E-state index contributed by atoms with van der Waals surface area (Å²) < 4.78 is 24.2. The molecule has 7 heteroatoms. The Morgan fingerprint density at radius 3 is 2.75 bits per heavy atom. The van der Waals surface area contributed by atoms with Crippen molar-refractivity contribution >= 4 is 34.3 Å². The number of benzene rings is 3. The Hall–Kier alpha value is -3.38. The average molecular weight is 397 g/mol. The minimum absolute atomic E-state index is 0.205. The molecule has 0 saturated carbocycles. The number of fused-ring (bicyclic) bond motifs is 1. The van der Waals surface area contributed by atoms with Gasteiger partial charge in [-0.3, -0.25) is 4.79 Å². The number of anilines is 1. The summed E-state index contributed by atoms with van der Waals surface area (Å²) in [7, 11) is 1.51. The van der Waals surface area contributed by atoms with Gasteiger partial charge in [0.25, 0.3) is 5.91 Å². The van der Waals surface area contributed by atoms with Crippen molar-refractivity contribution in [2.45, 2.75) is 0 Å². The highest BCUT2D eigenvalue weighted by Crippen LogP contribution is 2.31. The third-order valence-corrected chi connectivity index (χ3v) is 4.47. The molecule has 5 nitrogen and oxygen atoms in total. The Morgan fingerprint density at radius 1 is 1.14 bits per heavy atom. The van der Waals surface area contributed by atoms with Crippen molar-refractivity contribution in [3.63, 3.8) is 0 Å². The Morgan fingerprint density at radius 2 is 1.96 bits per heavy atom. The van der Waals surface area contributed by atoms with E-state index in [2.05, 4.69) is 10.3 Å². The third kappa shape index (κ3) is 3.42. The first-order valence-corrected chi connectivity index (χ1v) is 8.73. The molecule has 3 aromatic carbocycles. The lowest BCUT2D eigenvalue weighted by molar-refractivity contribution is 0.102. The van der Waals surface area contributed by atoms with Crippen LogP contribution in [0.3, 0.4) is 0 Å². The summed E-state index contributed by atoms with van der Waals surface area (Å²) in [4.78, 5) is 16.9. The molecule has 0 bridgehead atoms. The predicted molar refractivity (Wildman–Crippen MR) is 105 cm³/mol. The van der Waals surface area contributed by atoms with Crippen molar-refractivity contribution < 1.29 is 18.3 Å². The number of hydrogen-bond acceptors (Lipinski definition) is 4. The molecule has 1 amide bonds. The summed E-state index contributed by atoms with van der Waals surface area (Å²) in [6.45, 7) is 0. The highest BCUT2D eigenvalue weighted by molar-refractivity contribution is 6.33. The van der Waals surface area contributed by atoms with Gasteiger partial charge in [0.2, 0.25) is 5.89 Å². The van der Waals surface area contributed by atoms with Gasteiger partial charge in [-0.1, -0.05) is 23.7 Å². The molecule has 0 saturated heterocycles. The largest absolute Gasteiger partial charge is 0.496 e. The Bertz CT molecular complexity index is 1190. The first-order chi connectivity index (χ1) is 13.5. The van der Waals surface area contributed by atoms with E-state index in [4.69, 9.17) is 20.8 Å². The van der Waals surface area contributed by atoms with E-state index in [1.807, 2.05) is 0 Å². The van der Waals surface area contributed by atoms with Crippen molar-refractivity contribution in [2.24, 2.45) is 0 Å². The van der Waals surface area contributed by atoms with Gasteiger partial charge in [0.15, 0.2) is 5.58 Å². The SMILES string of the molecule is COc1ccccc1C(=O)Nc1ccc2oc(-c3ccc(F)cc3Cl)nc2c1. The second kappa shape index (κ2) is 7.32. The quantitative estimate of drug-likeness (QED) is 0.491. The van der Waals surface area contributed by atoms with Crippen LogP contribution in [0.1, 0.15) is 10.4 Å². The lowest BCUT2D eigenvalue weighted by Gasteiger charge is -2.08. The maximum Gasteiger partial charge on any atom is 0.259 e. The molecule has 1 aromatic heterocycles. The van der Waals surface area contributed by atoms with Gasteiger partial charge in [0, 0.05) is 5.69 Å². The molecule has 0 aliphatic heterocycles. The van der Waals surface area contributed by atoms with Crippen LogP contribution in [0, 0.1) is 5.82 Å². The fourth-order valence-electron chi connectivity index (χ4n) is 2.81. The first kappa shape index (κ1) is 18.0. The van der Waals surface area contributed by atoms with Gasteiger partial charge in [-0.15, -0.1) is 0 Å². The number of oxazole rings is 1. The number of nitrogens with zero attached hydrogens (tertiary/aromatic N) is 1. The molecule has 1 heterocycles. The maximum atomic E-state index is 13.3. The van der Waals surface area contributed by atoms with E-state index >= 15 is 0 Å². The Kier molecular flexibility index (Phi) is 4.71. The maximum absolute atomic E-state index is 13.3. The van der Waals surface area contributed by atoms with Crippen molar-refractivity contribution in [2.75, 3.05) is 12.4 Å². The van der Waals surface area contributed by atoms with Gasteiger partial charge < -0.3 is 14.5 Å². The van der Waals surface area contributed by atoms with Crippen LogP contribution in [0.2, 0.25) is 5.02 Å². The van der Waals surface area contributed by atoms with E-state index in [1.165, 1.54) is 25.3 Å². The molecule has 0 aliphatic rings. The summed E-state index contributed by atoms with van der Waals surface area (Å²) in [5, 5.41) is 3.02. The molecular formula is C21H14ClFN2O3. The Balaban J connectivity index is 1.64. The molecule has 0 fully saturated rings. The van der Waals surface area contributed by atoms with Gasteiger partial charge >= 0.3 is 0 Å². The predicted octanol–water partition coefficient (Wildman–Crippen LogP) is 5.55. The number of carbonyl (C=O) groups is 1. The number of para-hydroxylation sites is 1. The summed E-state index contributed by atoms with van der Waals surface area (Å²) in [6, 6.07) is 16.0. The van der Waals surface area contributed by atoms with Crippen LogP contribution in [0.25, 0.3) is 22.6 Å². The highest BCUT2D eigenvalue weighted by atomic mass is 35.5. The number of hydrogen-bond donors (Lipinski definition) is 1. The second-order valence-corrected chi connectivity index (χ2v) is 6.39. The molecule has 1 N–H and O–H groups in total. The molecule has 28 heavy (non-hydrogen) atoms. The van der Waals surface area contributed by atoms with Crippen molar-refractivity contribution in [1.29, 1.82) is 0 Å². The van der Waals surface area contributed by atoms with E-state index in [9.17, 15) is 9.18 Å². The molecule has 0 atom stereocenters. The third-order valence-electron chi connectivity index (χ3n) is 4.16. The minimum Gasteiger partial charge on any atom is -0.496 e. The van der Waals surface area contributed by atoms with E-state index in [-0.39, 0.29) is 16.8 Å². The van der Waals surface area contributed by atoms with E-state index in [0.717, 1.165) is 0 Å². The van der Waals surface area contributed by atoms with Crippen LogP contribution in [-0.4, -0.2) is 18.0 Å². The molecular weight excluding hydrogens is 383 g/mol. The standard InChI is InChI=1S/C21H14ClFN2O3/c1-27-18-5-3-2-4-15(18)20(26)24-13-7-9-19-17(11-13)25-21(28-19)14-8-6-12(23)10-16(14)22/h2-11H,1H3,(H,24,26). The van der Waals surface area contributed by atoms with Gasteiger partial charge in [-0.25, -0.2) is 9.37 Å². The van der Waals surface area contributed by atoms with E-state index < -0.39 is 5.82 Å². The van der Waals surface area contributed by atoms with Gasteiger partial charge in [-0.05, 0) is 48.5 Å². The fraction of sp³-hybridized carbons (Fsp3) is 0.0476. The number of halogens is 2. The number of amides is 1. The minimum atomic E-state index is -0.439. The summed E-state index contributed by atoms with van der Waals surface area (Å²) in [5.41, 5.74) is 2.51. The number of methoxy groups -OCH3 is 1. The monoisotopic (exact) mass is 396 g/mol. The van der Waals surface area contributed by atoms with Gasteiger partial charge in [-0.2, -0.15) is 0 Å². The van der Waals surface area contributed by atoms with Crippen LogP contribution < -0.4 is 10.1 Å². The van der Waals surface area contributed by atoms with Crippen LogP contribution in [0.15, 0.2) is 65.1 Å². The highest BCUT2D eigenvalue weighted by Gasteiger charge is 2.15. The lowest BCUT2D eigenvalue weighted by Crippen LogP contribution is -2.13. The lowest BCUT2D eigenvalue weighted by atomic mass is 10.2. The number of nitrogens with one attached hydrogen (secondary N) is 1. The Labute approximate surface area is 164 Å². The average Bonchev–Trinajstić information content (AvgIpc) is 3.10. The zero-order chi connectivity index (χ0) is 19.7. The van der Waals surface area contributed by atoms with Crippen molar-refractivity contribution in [1.82, 2.24) is 4.98 Å². The van der Waals surface area contributed by atoms with Crippen LogP contribution in [0.4, 0.5) is 10.1 Å². The van der Waals surface area contributed by atoms with E-state index in [1.54, 1.807) is 42.5 Å². The smallest absolute Gasteiger partial charge is 0.259 e. The number of aromatic nitrogens is 1. The van der Waals surface area contributed by atoms with Crippen LogP contribution >= 0.6 is 11.6 Å². The molecule has 4 rings (SSSR count). The van der Waals surface area contributed by atoms with Crippen LogP contribution in [0.5, 0.6) is 5.75 Å². The number of rotatable bonds is 4. The molecule has 0 aliphatic carbocycles. The van der Waals surface area contributed by atoms with Crippen molar-refractivity contribution in [3.8, 4) is 17.2 Å². The topological polar surface area (TPSA) is 64.4 Å². The summed E-state index contributed by atoms with van der Waals surface area (Å²) >= 11 is 6.08. The summed E-state index contributed by atoms with van der Waals surface area (Å²) in [5.74, 6) is 0.0113. The van der Waals surface area contributed by atoms with Gasteiger partial charge in [0.05, 0.1) is 23.3 Å². The molecule has 0 spiro atoms. The molecule has 0 radical (unpaired) electrons. The normalized spacial score (nSPS) is 10.8. The van der Waals surface area contributed by atoms with Crippen LogP contribution in [-0.2, 0) is 0 Å². The fourth-order valence-corrected chi connectivity index (χ4v) is 3.06. The van der Waals surface area contributed by atoms with E-state index in [0.29, 0.717) is 33.7 Å². The summed E-state index contributed by atoms with van der Waals surface area (Å²) in [6.07, 6.45) is 0. The molecule has 4 aromatic rings. The van der Waals surface area contributed by atoms with Gasteiger partial charge in [0.1, 0.15) is 17.1 Å². The van der Waals surface area contributed by atoms with Crippen molar-refractivity contribution in [3.05, 3.63) is 77.1 Å². The number of ether oxygens (including phenoxy) is 1. The zero-order valence-corrected chi connectivity index (χ0v) is 15.5. The first-order valence-electron chi connectivity index (χ1n) is 8.35. The molecule has 0 unspecified atom stereocenters. The number of carbonyl (C=O) groups excluding carboxylic acids is 1. The zero-order valence-electron chi connectivity index (χ0n) is 14.7.